The van der Waals surface area contributed by atoms with Crippen LogP contribution >= 0.6 is 0 Å². The highest BCUT2D eigenvalue weighted by Crippen LogP contribution is 2.32. The van der Waals surface area contributed by atoms with Crippen molar-refractivity contribution in [2.75, 3.05) is 0 Å². The summed E-state index contributed by atoms with van der Waals surface area (Å²) in [4.78, 5) is 21.3. The molecule has 0 unspecified atom stereocenters. The van der Waals surface area contributed by atoms with E-state index in [0.717, 1.165) is 0 Å². The average molecular weight is 158 g/mol. The van der Waals surface area contributed by atoms with Crippen molar-refractivity contribution in [3.8, 4) is 0 Å². The highest BCUT2D eigenvalue weighted by molar-refractivity contribution is 5.85. The summed E-state index contributed by atoms with van der Waals surface area (Å²) in [6, 6.07) is 0. The summed E-state index contributed by atoms with van der Waals surface area (Å²) in [5.41, 5.74) is -1.31. The molecule has 1 N–H and O–H groups in total. The molecule has 0 bridgehead atoms. The lowest BCUT2D eigenvalue weighted by atomic mass is 9.91. The summed E-state index contributed by atoms with van der Waals surface area (Å²) in [7, 11) is 0. The molecule has 4 nitrogen and oxygen atoms in total. The fourth-order valence-corrected chi connectivity index (χ4v) is 1.08. The van der Waals surface area contributed by atoms with E-state index < -0.39 is 17.5 Å². The van der Waals surface area contributed by atoms with Crippen LogP contribution in [0.2, 0.25) is 0 Å². The van der Waals surface area contributed by atoms with Crippen molar-refractivity contribution >= 4 is 11.9 Å². The SMILES string of the molecule is C[C@@H]1CC(=O)O[C@]1(C)C(=O)O. The van der Waals surface area contributed by atoms with Crippen molar-refractivity contribution in [3.05, 3.63) is 0 Å². The first-order valence-corrected chi connectivity index (χ1v) is 3.42. The molecule has 0 saturated carbocycles. The maximum Gasteiger partial charge on any atom is 0.348 e. The van der Waals surface area contributed by atoms with E-state index in [1.54, 1.807) is 6.92 Å². The Morgan fingerprint density at radius 1 is 1.82 bits per heavy atom. The Hall–Kier alpha value is -1.06. The first kappa shape index (κ1) is 8.04. The van der Waals surface area contributed by atoms with Crippen LogP contribution in [0, 0.1) is 5.92 Å². The molecule has 1 aliphatic rings. The van der Waals surface area contributed by atoms with Crippen LogP contribution in [0.25, 0.3) is 0 Å². The van der Waals surface area contributed by atoms with Crippen LogP contribution in [0.5, 0.6) is 0 Å². The van der Waals surface area contributed by atoms with Gasteiger partial charge in [-0.3, -0.25) is 4.79 Å². The third kappa shape index (κ3) is 1.08. The first-order chi connectivity index (χ1) is 4.97. The number of esters is 1. The van der Waals surface area contributed by atoms with Crippen molar-refractivity contribution in [2.45, 2.75) is 25.9 Å². The predicted octanol–water partition coefficient (Wildman–Crippen LogP) is 0.413. The smallest absolute Gasteiger partial charge is 0.348 e. The zero-order valence-electron chi connectivity index (χ0n) is 6.46. The molecule has 1 heterocycles. The molecule has 0 aromatic heterocycles. The molecule has 4 heteroatoms. The van der Waals surface area contributed by atoms with Gasteiger partial charge in [0, 0.05) is 5.92 Å². The van der Waals surface area contributed by atoms with E-state index in [-0.39, 0.29) is 12.3 Å². The van der Waals surface area contributed by atoms with Crippen LogP contribution in [-0.4, -0.2) is 22.6 Å². The molecule has 11 heavy (non-hydrogen) atoms. The van der Waals surface area contributed by atoms with Crippen LogP contribution in [0.3, 0.4) is 0 Å². The predicted molar refractivity (Wildman–Crippen MR) is 35.9 cm³/mol. The lowest BCUT2D eigenvalue weighted by Crippen LogP contribution is -2.39. The Morgan fingerprint density at radius 2 is 2.36 bits per heavy atom. The number of carboxylic acid groups (broad SMARTS) is 1. The standard InChI is InChI=1S/C7H10O4/c1-4-3-5(8)11-7(4,2)6(9)10/h4H,3H2,1-2H3,(H,9,10)/t4-,7+/m1/s1. The number of carboxylic acids is 1. The maximum atomic E-state index is 10.7. The summed E-state index contributed by atoms with van der Waals surface area (Å²) < 4.78 is 4.68. The third-order valence-electron chi connectivity index (χ3n) is 2.16. The minimum absolute atomic E-state index is 0.197. The van der Waals surface area contributed by atoms with Gasteiger partial charge in [0.05, 0.1) is 6.42 Å². The number of carbonyl (C=O) groups excluding carboxylic acids is 1. The second-order valence-corrected chi connectivity index (χ2v) is 2.99. The van der Waals surface area contributed by atoms with Crippen molar-refractivity contribution in [2.24, 2.45) is 5.92 Å². The number of aliphatic carboxylic acids is 1. The minimum Gasteiger partial charge on any atom is -0.478 e. The Bertz CT molecular complexity index is 210. The maximum absolute atomic E-state index is 10.7. The monoisotopic (exact) mass is 158 g/mol. The second-order valence-electron chi connectivity index (χ2n) is 2.99. The largest absolute Gasteiger partial charge is 0.478 e. The lowest BCUT2D eigenvalue weighted by Gasteiger charge is -2.21. The summed E-state index contributed by atoms with van der Waals surface area (Å²) >= 11 is 0. The van der Waals surface area contributed by atoms with Crippen molar-refractivity contribution in [1.82, 2.24) is 0 Å². The lowest BCUT2D eigenvalue weighted by molar-refractivity contribution is -0.169. The molecule has 0 aliphatic carbocycles. The van der Waals surface area contributed by atoms with Gasteiger partial charge in [-0.25, -0.2) is 4.79 Å². The zero-order chi connectivity index (χ0) is 8.65. The van der Waals surface area contributed by atoms with E-state index >= 15 is 0 Å². The second kappa shape index (κ2) is 2.22. The summed E-state index contributed by atoms with van der Waals surface area (Å²) in [5.74, 6) is -1.74. The minimum atomic E-state index is -1.31. The molecule has 1 aliphatic heterocycles. The van der Waals surface area contributed by atoms with Crippen LogP contribution in [0.4, 0.5) is 0 Å². The molecule has 0 aromatic rings. The Labute approximate surface area is 64.2 Å². The van der Waals surface area contributed by atoms with Crippen molar-refractivity contribution in [3.63, 3.8) is 0 Å². The molecule has 1 rings (SSSR count). The molecule has 0 aromatic carbocycles. The molecule has 2 atom stereocenters. The van der Waals surface area contributed by atoms with Gasteiger partial charge in [0.25, 0.3) is 0 Å². The van der Waals surface area contributed by atoms with Gasteiger partial charge in [-0.1, -0.05) is 6.92 Å². The number of hydrogen-bond acceptors (Lipinski definition) is 3. The van der Waals surface area contributed by atoms with Gasteiger partial charge in [-0.2, -0.15) is 0 Å². The van der Waals surface area contributed by atoms with E-state index in [9.17, 15) is 9.59 Å². The highest BCUT2D eigenvalue weighted by Gasteiger charge is 2.49. The summed E-state index contributed by atoms with van der Waals surface area (Å²) in [5, 5.41) is 8.68. The molecule has 62 valence electrons. The molecule has 1 saturated heterocycles. The van der Waals surface area contributed by atoms with Gasteiger partial charge in [-0.05, 0) is 6.92 Å². The van der Waals surface area contributed by atoms with Gasteiger partial charge in [0.1, 0.15) is 0 Å². The number of rotatable bonds is 1. The van der Waals surface area contributed by atoms with E-state index in [4.69, 9.17) is 5.11 Å². The highest BCUT2D eigenvalue weighted by atomic mass is 16.6. The average Bonchev–Trinajstić information content (AvgIpc) is 2.08. The van der Waals surface area contributed by atoms with E-state index in [0.29, 0.717) is 0 Å². The quantitative estimate of drug-likeness (QED) is 0.561. The number of carbonyl (C=O) groups is 2. The molecular weight excluding hydrogens is 148 g/mol. The molecule has 0 amide bonds. The van der Waals surface area contributed by atoms with Crippen LogP contribution in [-0.2, 0) is 14.3 Å². The van der Waals surface area contributed by atoms with Gasteiger partial charge < -0.3 is 9.84 Å². The molecule has 0 radical (unpaired) electrons. The summed E-state index contributed by atoms with van der Waals surface area (Å²) in [6.45, 7) is 3.12. The topological polar surface area (TPSA) is 63.6 Å². The van der Waals surface area contributed by atoms with Crippen LogP contribution in [0.1, 0.15) is 20.3 Å². The van der Waals surface area contributed by atoms with Crippen molar-refractivity contribution in [1.29, 1.82) is 0 Å². The third-order valence-corrected chi connectivity index (χ3v) is 2.16. The van der Waals surface area contributed by atoms with Gasteiger partial charge in [0.2, 0.25) is 5.60 Å². The van der Waals surface area contributed by atoms with E-state index in [1.165, 1.54) is 6.92 Å². The van der Waals surface area contributed by atoms with E-state index in [1.807, 2.05) is 0 Å². The number of ether oxygens (including phenoxy) is 1. The Morgan fingerprint density at radius 3 is 2.55 bits per heavy atom. The van der Waals surface area contributed by atoms with Gasteiger partial charge >= 0.3 is 11.9 Å². The fourth-order valence-electron chi connectivity index (χ4n) is 1.08. The van der Waals surface area contributed by atoms with Gasteiger partial charge in [-0.15, -0.1) is 0 Å². The molecule has 1 fully saturated rings. The number of cyclic esters (lactones) is 1. The molecule has 0 spiro atoms. The van der Waals surface area contributed by atoms with Gasteiger partial charge in [0.15, 0.2) is 0 Å². The van der Waals surface area contributed by atoms with Crippen LogP contribution in [0.15, 0.2) is 0 Å². The summed E-state index contributed by atoms with van der Waals surface area (Å²) in [6.07, 6.45) is 0.197. The number of hydrogen-bond donors (Lipinski definition) is 1. The van der Waals surface area contributed by atoms with Crippen LogP contribution < -0.4 is 0 Å². The van der Waals surface area contributed by atoms with Crippen molar-refractivity contribution < 1.29 is 19.4 Å². The zero-order valence-corrected chi connectivity index (χ0v) is 6.46. The Kier molecular flexibility index (Phi) is 1.62. The normalized spacial score (nSPS) is 36.9. The fraction of sp³-hybridized carbons (Fsp3) is 0.714. The Balaban J connectivity index is 2.87. The first-order valence-electron chi connectivity index (χ1n) is 3.42. The molecular formula is C7H10O4. The van der Waals surface area contributed by atoms with E-state index in [2.05, 4.69) is 4.74 Å².